The van der Waals surface area contributed by atoms with Crippen LogP contribution in [0.1, 0.15) is 0 Å². The van der Waals surface area contributed by atoms with Gasteiger partial charge in [-0.15, -0.1) is 0 Å². The van der Waals surface area contributed by atoms with Gasteiger partial charge in [0.05, 0.1) is 0 Å². The van der Waals surface area contributed by atoms with E-state index in [4.69, 9.17) is 17.5 Å². The van der Waals surface area contributed by atoms with Crippen LogP contribution >= 0.6 is 0 Å². The van der Waals surface area contributed by atoms with Crippen molar-refractivity contribution in [3.8, 4) is 0 Å². The van der Waals surface area contributed by atoms with Gasteiger partial charge < -0.3 is 9.11 Å². The van der Waals surface area contributed by atoms with Gasteiger partial charge in [0.15, 0.2) is 0 Å². The van der Waals surface area contributed by atoms with E-state index in [-0.39, 0.29) is 31.8 Å². The summed E-state index contributed by atoms with van der Waals surface area (Å²) in [6.07, 6.45) is 0. The first-order valence-corrected chi connectivity index (χ1v) is 6.50. The molecule has 0 aromatic rings. The smallest absolute Gasteiger partial charge is 0.759 e. The first-order chi connectivity index (χ1) is 3.73. The van der Waals surface area contributed by atoms with Gasteiger partial charge in [0, 0.05) is 10.4 Å². The van der Waals surface area contributed by atoms with Crippen LogP contribution in [-0.2, 0) is 10.4 Å². The van der Waals surface area contributed by atoms with Gasteiger partial charge in [-0.2, -0.15) is 19.6 Å². The zero-order valence-corrected chi connectivity index (χ0v) is 9.48. The van der Waals surface area contributed by atoms with E-state index in [0.717, 1.165) is 0 Å². The molecule has 0 atom stereocenters. The Morgan fingerprint density at radius 1 is 1.10 bits per heavy atom. The minimum absolute atomic E-state index is 0. The van der Waals surface area contributed by atoms with E-state index in [9.17, 15) is 0 Å². The van der Waals surface area contributed by atoms with Gasteiger partial charge in [-0.05, 0) is 0 Å². The van der Waals surface area contributed by atoms with Crippen LogP contribution in [-0.4, -0.2) is 49.4 Å². The molecule has 0 saturated carbocycles. The molecule has 10 heavy (non-hydrogen) atoms. The van der Waals surface area contributed by atoms with Crippen molar-refractivity contribution in [3.05, 3.63) is 0 Å². The van der Waals surface area contributed by atoms with E-state index in [1.165, 1.54) is 0 Å². The topological polar surface area (TPSA) is 80.3 Å². The van der Waals surface area contributed by atoms with Crippen molar-refractivity contribution >= 4 is 42.2 Å². The third-order valence-electron chi connectivity index (χ3n) is 0. The van der Waals surface area contributed by atoms with Crippen LogP contribution < -0.4 is 0 Å². The average molecular weight is 194 g/mol. The number of rotatable bonds is 0. The van der Waals surface area contributed by atoms with Gasteiger partial charge in [-0.3, -0.25) is 17.2 Å². The van der Waals surface area contributed by atoms with E-state index < -0.39 is 10.4 Å². The van der Waals surface area contributed by atoms with Crippen LogP contribution in [0.25, 0.3) is 0 Å². The third kappa shape index (κ3) is 750. The second-order valence-corrected chi connectivity index (χ2v) is 5.72. The van der Waals surface area contributed by atoms with Crippen molar-refractivity contribution in [3.63, 3.8) is 0 Å². The largest absolute Gasteiger partial charge is 2.00 e. The summed E-state index contributed by atoms with van der Waals surface area (Å²) in [7, 11) is -5.05. The quantitative estimate of drug-likeness (QED) is 0.299. The summed E-state index contributed by atoms with van der Waals surface area (Å²) in [6, 6.07) is 0. The second kappa shape index (κ2) is 7.95. The Balaban J connectivity index is -0.0000000910. The molecule has 0 aromatic heterocycles. The summed E-state index contributed by atoms with van der Waals surface area (Å²) in [5.74, 6) is 0. The first kappa shape index (κ1) is 17.1. The zero-order chi connectivity index (χ0) is 8.08. The molecule has 0 bridgehead atoms. The van der Waals surface area contributed by atoms with E-state index in [1.54, 1.807) is 0 Å². The van der Waals surface area contributed by atoms with Crippen LogP contribution in [0.5, 0.6) is 0 Å². The summed E-state index contributed by atoms with van der Waals surface area (Å²) < 4.78 is 34.1. The van der Waals surface area contributed by atoms with Gasteiger partial charge in [0.1, 0.15) is 0 Å². The molecule has 0 saturated heterocycles. The predicted molar refractivity (Wildman–Crippen MR) is 39.6 cm³/mol. The van der Waals surface area contributed by atoms with Crippen molar-refractivity contribution in [1.82, 2.24) is 0 Å². The summed E-state index contributed by atoms with van der Waals surface area (Å²) >= 11 is 0. The Morgan fingerprint density at radius 2 is 1.10 bits per heavy atom. The van der Waals surface area contributed by atoms with E-state index in [2.05, 4.69) is 19.6 Å². The van der Waals surface area contributed by atoms with Gasteiger partial charge in [0.25, 0.3) is 0 Å². The third-order valence-corrected chi connectivity index (χ3v) is 0. The molecule has 0 fully saturated rings. The van der Waals surface area contributed by atoms with Gasteiger partial charge in [0.2, 0.25) is 0 Å². The van der Waals surface area contributed by atoms with Crippen molar-refractivity contribution in [2.75, 3.05) is 0 Å². The molecule has 0 amide bonds. The molecule has 0 heterocycles. The van der Waals surface area contributed by atoms with Crippen molar-refractivity contribution < 1.29 is 17.5 Å². The molecule has 0 aliphatic carbocycles. The molecule has 0 aromatic carbocycles. The van der Waals surface area contributed by atoms with E-state index >= 15 is 0 Å². The van der Waals surface area contributed by atoms with Crippen molar-refractivity contribution in [2.24, 2.45) is 0 Å². The molecule has 4 nitrogen and oxygen atoms in total. The molecule has 0 aliphatic heterocycles. The van der Waals surface area contributed by atoms with Crippen LogP contribution in [0.15, 0.2) is 0 Å². The Labute approximate surface area is 79.4 Å². The maximum atomic E-state index is 8.52. The molecular formula is C3H9MgO4SSi-. The molecule has 58 valence electrons. The minimum Gasteiger partial charge on any atom is -0.759 e. The molecular weight excluding hydrogens is 184 g/mol. The minimum atomic E-state index is -5.17. The fourth-order valence-corrected chi connectivity index (χ4v) is 0. The molecule has 0 rings (SSSR count). The summed E-state index contributed by atoms with van der Waals surface area (Å²) in [5.41, 5.74) is 0. The first-order valence-electron chi connectivity index (χ1n) is 2.17. The predicted octanol–water partition coefficient (Wildman–Crippen LogP) is -0.348. The molecule has 0 spiro atoms. The van der Waals surface area contributed by atoms with Crippen LogP contribution in [0.2, 0.25) is 19.6 Å². The second-order valence-electron chi connectivity index (χ2n) is 1.91. The Hall–Kier alpha value is 0.853. The Kier molecular flexibility index (Phi) is 13.6. The fraction of sp³-hybridized carbons (Fsp3) is 1.00. The summed E-state index contributed by atoms with van der Waals surface area (Å²) in [6.45, 7) is 6.81. The normalized spacial score (nSPS) is 9.40. The van der Waals surface area contributed by atoms with Crippen molar-refractivity contribution in [1.29, 1.82) is 0 Å². The van der Waals surface area contributed by atoms with Crippen LogP contribution in [0, 0.1) is 0 Å². The zero-order valence-electron chi connectivity index (χ0n) is 6.25. The Morgan fingerprint density at radius 3 is 1.10 bits per heavy atom. The van der Waals surface area contributed by atoms with Gasteiger partial charge in [-0.25, -0.2) is 0 Å². The number of hydrogen-bond donors (Lipinski definition) is 0. The SMILES string of the molecule is C[Si-](C)C.O=S(=O)([O-])[O-].[Mg+2]. The van der Waals surface area contributed by atoms with Gasteiger partial charge in [-0.1, -0.05) is 0 Å². The van der Waals surface area contributed by atoms with Crippen LogP contribution in [0.4, 0.5) is 0 Å². The van der Waals surface area contributed by atoms with Gasteiger partial charge >= 0.3 is 23.1 Å². The molecule has 0 unspecified atom stereocenters. The monoisotopic (exact) mass is 193 g/mol. The maximum Gasteiger partial charge on any atom is 2.00 e. The summed E-state index contributed by atoms with van der Waals surface area (Å²) in [5, 5.41) is 0. The molecule has 0 aliphatic rings. The standard InChI is InChI=1S/C3H9Si.Mg.H2O4S/c1-4(2)3;;1-5(2,3)4/h1-3H3;;(H2,1,2,3,4)/q-1;+2;/p-2. The molecule has 0 N–H and O–H groups in total. The van der Waals surface area contributed by atoms with E-state index in [1.807, 2.05) is 0 Å². The average Bonchev–Trinajstić information content (AvgIpc) is 1.19. The maximum absolute atomic E-state index is 8.52. The molecule has 0 radical (unpaired) electrons. The number of hydrogen-bond acceptors (Lipinski definition) is 4. The van der Waals surface area contributed by atoms with Crippen molar-refractivity contribution in [2.45, 2.75) is 19.6 Å². The summed E-state index contributed by atoms with van der Waals surface area (Å²) in [4.78, 5) is 0. The fourth-order valence-electron chi connectivity index (χ4n) is 0. The Bertz CT molecular complexity index is 132. The molecule has 7 heteroatoms. The van der Waals surface area contributed by atoms with E-state index in [0.29, 0.717) is 0 Å². The van der Waals surface area contributed by atoms with Crippen LogP contribution in [0.3, 0.4) is 0 Å².